The zero-order valence-electron chi connectivity index (χ0n) is 20.8. The highest BCUT2D eigenvalue weighted by Crippen LogP contribution is 2.29. The van der Waals surface area contributed by atoms with Crippen molar-refractivity contribution in [3.05, 3.63) is 124 Å². The van der Waals surface area contributed by atoms with E-state index < -0.39 is 16.0 Å². The number of carbonyl (C=O) groups is 1. The first-order valence-corrected chi connectivity index (χ1v) is 13.5. The van der Waals surface area contributed by atoms with Crippen molar-refractivity contribution in [2.45, 2.75) is 18.4 Å². The summed E-state index contributed by atoms with van der Waals surface area (Å²) in [5, 5.41) is 12.2. The number of hydrogen-bond donors (Lipinski definition) is 1. The molecule has 7 nitrogen and oxygen atoms in total. The van der Waals surface area contributed by atoms with Crippen LogP contribution in [0.15, 0.2) is 108 Å². The van der Waals surface area contributed by atoms with Crippen molar-refractivity contribution in [2.75, 3.05) is 5.32 Å². The fourth-order valence-electron chi connectivity index (χ4n) is 3.43. The summed E-state index contributed by atoms with van der Waals surface area (Å²) >= 11 is 6.25. The Kier molecular flexibility index (Phi) is 8.67. The van der Waals surface area contributed by atoms with Crippen LogP contribution in [-0.2, 0) is 21.5 Å². The highest BCUT2D eigenvalue weighted by molar-refractivity contribution is 7.87. The van der Waals surface area contributed by atoms with E-state index in [1.54, 1.807) is 36.4 Å². The number of nitrogens with one attached hydrogen (secondary N) is 1. The SMILES string of the molecule is Cc1ccc(S(=O)(=O)Oc2ccc(/C=C(\C#N)C(=O)Nc3ccc(OCc4ccccc4)cc3)cc2Cl)cc1. The molecule has 0 atom stereocenters. The molecule has 0 aliphatic heterocycles. The van der Waals surface area contributed by atoms with Crippen LogP contribution in [0.2, 0.25) is 5.02 Å². The smallest absolute Gasteiger partial charge is 0.339 e. The molecule has 0 saturated carbocycles. The number of ether oxygens (including phenoxy) is 1. The van der Waals surface area contributed by atoms with E-state index in [0.717, 1.165) is 11.1 Å². The van der Waals surface area contributed by atoms with Crippen LogP contribution in [0.1, 0.15) is 16.7 Å². The van der Waals surface area contributed by atoms with E-state index in [9.17, 15) is 18.5 Å². The van der Waals surface area contributed by atoms with Gasteiger partial charge in [-0.3, -0.25) is 4.79 Å². The van der Waals surface area contributed by atoms with Crippen molar-refractivity contribution in [3.63, 3.8) is 0 Å². The van der Waals surface area contributed by atoms with E-state index in [1.807, 2.05) is 43.3 Å². The zero-order chi connectivity index (χ0) is 27.8. The van der Waals surface area contributed by atoms with Crippen molar-refractivity contribution in [1.82, 2.24) is 0 Å². The largest absolute Gasteiger partial charge is 0.489 e. The number of anilines is 1. The molecule has 4 rings (SSSR count). The Bertz CT molecular complexity index is 1640. The van der Waals surface area contributed by atoms with Gasteiger partial charge in [-0.1, -0.05) is 65.7 Å². The molecular weight excluding hydrogens is 536 g/mol. The first-order chi connectivity index (χ1) is 18.7. The number of nitrogens with zero attached hydrogens (tertiary/aromatic N) is 1. The lowest BCUT2D eigenvalue weighted by atomic mass is 10.1. The van der Waals surface area contributed by atoms with Crippen LogP contribution < -0.4 is 14.2 Å². The second-order valence-corrected chi connectivity index (χ2v) is 10.4. The molecule has 4 aromatic carbocycles. The molecular formula is C30H23ClN2O5S. The number of benzene rings is 4. The number of amides is 1. The van der Waals surface area contributed by atoms with Gasteiger partial charge in [0.05, 0.1) is 5.02 Å². The van der Waals surface area contributed by atoms with Crippen LogP contribution in [0.4, 0.5) is 5.69 Å². The second-order valence-electron chi connectivity index (χ2n) is 8.46. The number of halogens is 1. The molecule has 1 N–H and O–H groups in total. The van der Waals surface area contributed by atoms with Gasteiger partial charge in [0.25, 0.3) is 5.91 Å². The van der Waals surface area contributed by atoms with Gasteiger partial charge >= 0.3 is 10.1 Å². The molecule has 0 aliphatic carbocycles. The number of carbonyl (C=O) groups excluding carboxylic acids is 1. The minimum absolute atomic E-state index is 0.00299. The molecule has 0 aliphatic rings. The lowest BCUT2D eigenvalue weighted by Crippen LogP contribution is -2.13. The maximum Gasteiger partial charge on any atom is 0.339 e. The van der Waals surface area contributed by atoms with E-state index >= 15 is 0 Å². The van der Waals surface area contributed by atoms with Crippen LogP contribution in [0.5, 0.6) is 11.5 Å². The topological polar surface area (TPSA) is 105 Å². The summed E-state index contributed by atoms with van der Waals surface area (Å²) < 4.78 is 36.1. The van der Waals surface area contributed by atoms with Gasteiger partial charge in [-0.05, 0) is 72.7 Å². The first kappa shape index (κ1) is 27.5. The Hall–Kier alpha value is -4.58. The van der Waals surface area contributed by atoms with E-state index in [4.69, 9.17) is 20.5 Å². The van der Waals surface area contributed by atoms with Crippen LogP contribution in [-0.4, -0.2) is 14.3 Å². The second kappa shape index (κ2) is 12.3. The fraction of sp³-hybridized carbons (Fsp3) is 0.0667. The highest BCUT2D eigenvalue weighted by Gasteiger charge is 2.18. The molecule has 1 amide bonds. The van der Waals surface area contributed by atoms with Crippen LogP contribution in [0.25, 0.3) is 6.08 Å². The Balaban J connectivity index is 1.40. The number of aryl methyl sites for hydroxylation is 1. The van der Waals surface area contributed by atoms with Crippen molar-refractivity contribution in [3.8, 4) is 17.6 Å². The van der Waals surface area contributed by atoms with Gasteiger partial charge in [-0.2, -0.15) is 13.7 Å². The molecule has 0 unspecified atom stereocenters. The molecule has 4 aromatic rings. The maximum atomic E-state index is 12.7. The maximum absolute atomic E-state index is 12.7. The van der Waals surface area contributed by atoms with Gasteiger partial charge in [0, 0.05) is 5.69 Å². The number of nitriles is 1. The predicted octanol–water partition coefficient (Wildman–Crippen LogP) is 6.54. The highest BCUT2D eigenvalue weighted by atomic mass is 35.5. The van der Waals surface area contributed by atoms with E-state index in [-0.39, 0.29) is 21.2 Å². The molecule has 0 heterocycles. The van der Waals surface area contributed by atoms with Crippen molar-refractivity contribution in [2.24, 2.45) is 0 Å². The molecule has 0 radical (unpaired) electrons. The van der Waals surface area contributed by atoms with Gasteiger partial charge in [0.1, 0.15) is 28.9 Å². The quantitative estimate of drug-likeness (QED) is 0.142. The van der Waals surface area contributed by atoms with Gasteiger partial charge in [-0.25, -0.2) is 0 Å². The normalized spacial score (nSPS) is 11.4. The standard InChI is InChI=1S/C30H23ClN2O5S/c1-21-7-14-27(15-8-21)39(35,36)38-29-16-9-23(18-28(29)31)17-24(19-32)30(34)33-25-10-12-26(13-11-25)37-20-22-5-3-2-4-6-22/h2-18H,20H2,1H3,(H,33,34)/b24-17+. The monoisotopic (exact) mass is 558 g/mol. The van der Waals surface area contributed by atoms with E-state index in [0.29, 0.717) is 23.6 Å². The van der Waals surface area contributed by atoms with Gasteiger partial charge in [-0.15, -0.1) is 0 Å². The van der Waals surface area contributed by atoms with Gasteiger partial charge in [0.2, 0.25) is 0 Å². The summed E-state index contributed by atoms with van der Waals surface area (Å²) in [5.41, 5.74) is 2.67. The van der Waals surface area contributed by atoms with Crippen molar-refractivity contribution >= 4 is 39.4 Å². The van der Waals surface area contributed by atoms with Crippen LogP contribution >= 0.6 is 11.6 Å². The Morgan fingerprint density at radius 1 is 0.974 bits per heavy atom. The summed E-state index contributed by atoms with van der Waals surface area (Å²) in [6.45, 7) is 2.26. The average molecular weight is 559 g/mol. The molecule has 196 valence electrons. The molecule has 0 fully saturated rings. The lowest BCUT2D eigenvalue weighted by Gasteiger charge is -2.10. The summed E-state index contributed by atoms with van der Waals surface area (Å²) in [6, 6.07) is 28.9. The van der Waals surface area contributed by atoms with E-state index in [1.165, 1.54) is 36.4 Å². The Morgan fingerprint density at radius 2 is 1.67 bits per heavy atom. The van der Waals surface area contributed by atoms with Crippen LogP contribution in [0.3, 0.4) is 0 Å². The van der Waals surface area contributed by atoms with Gasteiger partial charge in [0.15, 0.2) is 5.75 Å². The molecule has 9 heteroatoms. The number of rotatable bonds is 9. The minimum Gasteiger partial charge on any atom is -0.489 e. The summed E-state index contributed by atoms with van der Waals surface area (Å²) in [6.07, 6.45) is 1.34. The molecule has 0 aromatic heterocycles. The molecule has 0 bridgehead atoms. The predicted molar refractivity (Wildman–Crippen MR) is 150 cm³/mol. The Morgan fingerprint density at radius 3 is 2.31 bits per heavy atom. The summed E-state index contributed by atoms with van der Waals surface area (Å²) in [4.78, 5) is 12.7. The first-order valence-electron chi connectivity index (χ1n) is 11.7. The molecule has 39 heavy (non-hydrogen) atoms. The third-order valence-electron chi connectivity index (χ3n) is 5.50. The minimum atomic E-state index is -4.09. The summed E-state index contributed by atoms with van der Waals surface area (Å²) in [5.74, 6) is -0.0602. The lowest BCUT2D eigenvalue weighted by molar-refractivity contribution is -0.112. The zero-order valence-corrected chi connectivity index (χ0v) is 22.4. The van der Waals surface area contributed by atoms with Crippen molar-refractivity contribution < 1.29 is 22.1 Å². The third-order valence-corrected chi connectivity index (χ3v) is 7.05. The van der Waals surface area contributed by atoms with Crippen molar-refractivity contribution in [1.29, 1.82) is 5.26 Å². The van der Waals surface area contributed by atoms with E-state index in [2.05, 4.69) is 5.32 Å². The average Bonchev–Trinajstić information content (AvgIpc) is 2.93. The third kappa shape index (κ3) is 7.48. The fourth-order valence-corrected chi connectivity index (χ4v) is 4.66. The van der Waals surface area contributed by atoms with Crippen LogP contribution in [0, 0.1) is 18.3 Å². The molecule has 0 spiro atoms. The molecule has 0 saturated heterocycles. The number of hydrogen-bond acceptors (Lipinski definition) is 6. The Labute approximate surface area is 232 Å². The van der Waals surface area contributed by atoms with Gasteiger partial charge < -0.3 is 14.2 Å². The summed E-state index contributed by atoms with van der Waals surface area (Å²) in [7, 11) is -4.09.